The van der Waals surface area contributed by atoms with E-state index in [-0.39, 0.29) is 11.4 Å². The van der Waals surface area contributed by atoms with Gasteiger partial charge in [-0.15, -0.1) is 0 Å². The molecule has 0 aliphatic rings. The average molecular weight is 734 g/mol. The molecule has 10 aromatic rings. The first-order valence-electron chi connectivity index (χ1n) is 17.8. The summed E-state index contributed by atoms with van der Waals surface area (Å²) in [6.45, 7) is 0. The second kappa shape index (κ2) is 12.7. The van der Waals surface area contributed by atoms with Gasteiger partial charge in [-0.25, -0.2) is 19.9 Å². The number of fused-ring (bicyclic) bond motifs is 6. The molecule has 0 spiro atoms. The van der Waals surface area contributed by atoms with Crippen molar-refractivity contribution in [2.45, 2.75) is 6.18 Å². The molecule has 4 heterocycles. The minimum absolute atomic E-state index is 0.0569. The fraction of sp³-hybridized carbons (Fsp3) is 0.0217. The lowest BCUT2D eigenvalue weighted by atomic mass is 9.96. The monoisotopic (exact) mass is 733 g/mol. The summed E-state index contributed by atoms with van der Waals surface area (Å²) in [6, 6.07) is 41.8. The average Bonchev–Trinajstić information content (AvgIpc) is 3.75. The number of rotatable bonds is 5. The number of nitriles is 1. The Morgan fingerprint density at radius 1 is 0.482 bits per heavy atom. The first-order valence-corrected chi connectivity index (χ1v) is 17.8. The van der Waals surface area contributed by atoms with Crippen LogP contribution in [0.25, 0.3) is 88.9 Å². The van der Waals surface area contributed by atoms with Crippen molar-refractivity contribution in [2.75, 3.05) is 0 Å². The van der Waals surface area contributed by atoms with Crippen LogP contribution in [0.2, 0.25) is 0 Å². The third-order valence-corrected chi connectivity index (χ3v) is 10.2. The fourth-order valence-corrected chi connectivity index (χ4v) is 7.88. The Kier molecular flexibility index (Phi) is 7.50. The smallest absolute Gasteiger partial charge is 0.309 e. The van der Waals surface area contributed by atoms with Gasteiger partial charge in [0.1, 0.15) is 5.56 Å². The molecular weight excluding hydrogens is 708 g/mol. The Bertz CT molecular complexity index is 3200. The van der Waals surface area contributed by atoms with Gasteiger partial charge in [0.2, 0.25) is 0 Å². The number of aromatic nitrogens is 6. The zero-order chi connectivity index (χ0) is 38.0. The molecule has 10 heteroatoms. The largest absolute Gasteiger partial charge is 0.420 e. The number of hydrogen-bond acceptors (Lipinski definition) is 5. The van der Waals surface area contributed by atoms with Crippen LogP contribution in [-0.2, 0) is 6.18 Å². The van der Waals surface area contributed by atoms with Crippen LogP contribution >= 0.6 is 0 Å². The van der Waals surface area contributed by atoms with E-state index in [1.807, 2.05) is 84.9 Å². The molecule has 0 unspecified atom stereocenters. The minimum Gasteiger partial charge on any atom is -0.309 e. The van der Waals surface area contributed by atoms with Gasteiger partial charge < -0.3 is 9.13 Å². The van der Waals surface area contributed by atoms with Gasteiger partial charge in [-0.2, -0.15) is 18.4 Å². The Morgan fingerprint density at radius 2 is 1.02 bits per heavy atom. The van der Waals surface area contributed by atoms with E-state index in [0.717, 1.165) is 21.5 Å². The van der Waals surface area contributed by atoms with Crippen molar-refractivity contribution in [3.8, 4) is 51.3 Å². The molecule has 0 aliphatic heterocycles. The molecule has 0 amide bonds. The highest BCUT2D eigenvalue weighted by molar-refractivity contribution is 6.12. The van der Waals surface area contributed by atoms with Crippen molar-refractivity contribution in [1.29, 1.82) is 5.26 Å². The Balaban J connectivity index is 1.39. The van der Waals surface area contributed by atoms with Crippen LogP contribution in [0.1, 0.15) is 11.1 Å². The van der Waals surface area contributed by atoms with Crippen LogP contribution in [0.5, 0.6) is 0 Å². The lowest BCUT2D eigenvalue weighted by Crippen LogP contribution is -2.17. The van der Waals surface area contributed by atoms with E-state index in [1.165, 1.54) is 6.07 Å². The van der Waals surface area contributed by atoms with Crippen molar-refractivity contribution in [3.05, 3.63) is 169 Å². The third-order valence-electron chi connectivity index (χ3n) is 10.2. The third kappa shape index (κ3) is 5.21. The van der Waals surface area contributed by atoms with Crippen LogP contribution in [0, 0.1) is 11.3 Å². The highest BCUT2D eigenvalue weighted by Gasteiger charge is 2.40. The van der Waals surface area contributed by atoms with Gasteiger partial charge >= 0.3 is 6.18 Å². The Labute approximate surface area is 317 Å². The molecule has 7 nitrogen and oxygen atoms in total. The molecule has 6 aromatic carbocycles. The molecular formula is C46H26F3N7. The molecule has 56 heavy (non-hydrogen) atoms. The van der Waals surface area contributed by atoms with Gasteiger partial charge in [-0.1, -0.05) is 78.9 Å². The topological polar surface area (TPSA) is 85.2 Å². The standard InChI is InChI=1S/C46H26F3N7/c47-46(48,49)42-39(55-37-12-3-1-10-33(37)35-16-14-30(25-40(35)55)44-51-20-6-21-52-44)19-18-32(29-9-5-8-28(24-29)27-50)43(42)56-38-13-4-2-11-34(38)36-17-15-31(26-41(36)56)45-53-22-7-23-54-45/h1-26H. The summed E-state index contributed by atoms with van der Waals surface area (Å²) in [5.74, 6) is 0.903. The summed E-state index contributed by atoms with van der Waals surface area (Å²) >= 11 is 0. The maximum Gasteiger partial charge on any atom is 0.420 e. The molecule has 0 fully saturated rings. The summed E-state index contributed by atoms with van der Waals surface area (Å²) in [4.78, 5) is 17.7. The number of hydrogen-bond donors (Lipinski definition) is 0. The van der Waals surface area contributed by atoms with Crippen LogP contribution in [-0.4, -0.2) is 29.1 Å². The number of halogens is 3. The van der Waals surface area contributed by atoms with Gasteiger partial charge in [0.25, 0.3) is 0 Å². The van der Waals surface area contributed by atoms with E-state index in [4.69, 9.17) is 0 Å². The molecule has 0 N–H and O–H groups in total. The minimum atomic E-state index is -4.87. The van der Waals surface area contributed by atoms with Crippen molar-refractivity contribution in [3.63, 3.8) is 0 Å². The molecule has 266 valence electrons. The number of benzene rings is 6. The second-order valence-electron chi connectivity index (χ2n) is 13.4. The SMILES string of the molecule is N#Cc1cccc(-c2ccc(-n3c4ccccc4c4ccc(-c5ncccn5)cc43)c(C(F)(F)F)c2-n2c3ccccc3c3ccc(-c4ncccn4)cc32)c1. The summed E-state index contributed by atoms with van der Waals surface area (Å²) < 4.78 is 52.9. The zero-order valence-electron chi connectivity index (χ0n) is 29.3. The van der Waals surface area contributed by atoms with Crippen molar-refractivity contribution >= 4 is 43.6 Å². The highest BCUT2D eigenvalue weighted by atomic mass is 19.4. The van der Waals surface area contributed by atoms with E-state index in [2.05, 4.69) is 26.0 Å². The maximum absolute atomic E-state index is 16.5. The molecule has 0 saturated carbocycles. The van der Waals surface area contributed by atoms with Crippen molar-refractivity contribution in [2.24, 2.45) is 0 Å². The molecule has 0 aliphatic carbocycles. The van der Waals surface area contributed by atoms with Crippen molar-refractivity contribution < 1.29 is 13.2 Å². The van der Waals surface area contributed by atoms with E-state index < -0.39 is 11.7 Å². The normalized spacial score (nSPS) is 11.8. The molecule has 0 atom stereocenters. The zero-order valence-corrected chi connectivity index (χ0v) is 29.3. The van der Waals surface area contributed by atoms with Gasteiger partial charge in [-0.05, 0) is 60.2 Å². The van der Waals surface area contributed by atoms with E-state index in [1.54, 1.807) is 76.4 Å². The predicted molar refractivity (Wildman–Crippen MR) is 212 cm³/mol. The van der Waals surface area contributed by atoms with Crippen LogP contribution in [0.4, 0.5) is 13.2 Å². The summed E-state index contributed by atoms with van der Waals surface area (Å²) in [5.41, 5.74) is 3.75. The lowest BCUT2D eigenvalue weighted by Gasteiger charge is -2.24. The van der Waals surface area contributed by atoms with Crippen LogP contribution in [0.15, 0.2) is 158 Å². The predicted octanol–water partition coefficient (Wildman–Crippen LogP) is 11.4. The molecule has 10 rings (SSSR count). The quantitative estimate of drug-likeness (QED) is 0.176. The summed E-state index contributed by atoms with van der Waals surface area (Å²) in [7, 11) is 0. The molecule has 0 saturated heterocycles. The first kappa shape index (κ1) is 33.0. The van der Waals surface area contributed by atoms with E-state index in [0.29, 0.717) is 61.5 Å². The maximum atomic E-state index is 16.5. The number of nitrogens with zero attached hydrogens (tertiary/aromatic N) is 7. The molecule has 0 radical (unpaired) electrons. The van der Waals surface area contributed by atoms with E-state index >= 15 is 13.2 Å². The number of alkyl halides is 3. The van der Waals surface area contributed by atoms with Gasteiger partial charge in [-0.3, -0.25) is 0 Å². The van der Waals surface area contributed by atoms with Crippen LogP contribution < -0.4 is 0 Å². The van der Waals surface area contributed by atoms with Gasteiger partial charge in [0, 0.05) is 63.0 Å². The van der Waals surface area contributed by atoms with Gasteiger partial charge in [0.05, 0.1) is 45.1 Å². The Hall–Kier alpha value is -7.64. The summed E-state index contributed by atoms with van der Waals surface area (Å²) in [6.07, 6.45) is 1.67. The fourth-order valence-electron chi connectivity index (χ4n) is 7.88. The first-order chi connectivity index (χ1) is 27.4. The van der Waals surface area contributed by atoms with E-state index in [9.17, 15) is 5.26 Å². The van der Waals surface area contributed by atoms with Crippen molar-refractivity contribution in [1.82, 2.24) is 29.1 Å². The molecule has 0 bridgehead atoms. The lowest BCUT2D eigenvalue weighted by molar-refractivity contribution is -0.137. The highest BCUT2D eigenvalue weighted by Crippen LogP contribution is 2.48. The number of para-hydroxylation sites is 2. The molecule has 4 aromatic heterocycles. The second-order valence-corrected chi connectivity index (χ2v) is 13.4. The van der Waals surface area contributed by atoms with Gasteiger partial charge in [0.15, 0.2) is 11.6 Å². The summed E-state index contributed by atoms with van der Waals surface area (Å²) in [5, 5.41) is 13.0. The Morgan fingerprint density at radius 3 is 1.59 bits per heavy atom. The van der Waals surface area contributed by atoms with Crippen LogP contribution in [0.3, 0.4) is 0 Å².